The summed E-state index contributed by atoms with van der Waals surface area (Å²) in [7, 11) is 0. The Morgan fingerprint density at radius 3 is 2.57 bits per heavy atom. The molecule has 2 aromatic heterocycles. The lowest BCUT2D eigenvalue weighted by molar-refractivity contribution is 0.102. The van der Waals surface area contributed by atoms with E-state index in [-0.39, 0.29) is 11.7 Å². The summed E-state index contributed by atoms with van der Waals surface area (Å²) in [5, 5.41) is 5.88. The summed E-state index contributed by atoms with van der Waals surface area (Å²) in [6, 6.07) is 17.0. The smallest absolute Gasteiger partial charge is 0.259 e. The van der Waals surface area contributed by atoms with Gasteiger partial charge in [-0.3, -0.25) is 4.79 Å². The van der Waals surface area contributed by atoms with Crippen molar-refractivity contribution in [3.05, 3.63) is 102 Å². The van der Waals surface area contributed by atoms with Gasteiger partial charge in [-0.05, 0) is 55.0 Å². The quantitative estimate of drug-likeness (QED) is 0.488. The van der Waals surface area contributed by atoms with Crippen LogP contribution in [-0.2, 0) is 6.54 Å². The van der Waals surface area contributed by atoms with Crippen LogP contribution in [0.1, 0.15) is 21.7 Å². The van der Waals surface area contributed by atoms with Gasteiger partial charge in [0.05, 0.1) is 5.56 Å². The third kappa shape index (κ3) is 4.52. The number of halogens is 1. The molecule has 0 aliphatic carbocycles. The van der Waals surface area contributed by atoms with Crippen molar-refractivity contribution < 1.29 is 9.18 Å². The number of pyridine rings is 1. The van der Waals surface area contributed by atoms with Crippen LogP contribution >= 0.6 is 0 Å². The summed E-state index contributed by atoms with van der Waals surface area (Å²) in [6.07, 6.45) is 5.28. The lowest BCUT2D eigenvalue weighted by Crippen LogP contribution is -2.14. The molecule has 1 amide bonds. The van der Waals surface area contributed by atoms with Crippen molar-refractivity contribution in [1.29, 1.82) is 0 Å². The summed E-state index contributed by atoms with van der Waals surface area (Å²) in [6.45, 7) is 2.67. The van der Waals surface area contributed by atoms with Crippen molar-refractivity contribution in [3.8, 4) is 0 Å². The van der Waals surface area contributed by atoms with Gasteiger partial charge in [0.15, 0.2) is 0 Å². The number of imidazole rings is 1. The molecule has 2 aromatic carbocycles. The molecule has 0 bridgehead atoms. The highest BCUT2D eigenvalue weighted by Gasteiger charge is 2.13. The van der Waals surface area contributed by atoms with Gasteiger partial charge in [0.2, 0.25) is 0 Å². The molecule has 4 aromatic rings. The molecule has 0 saturated carbocycles. The predicted molar refractivity (Wildman–Crippen MR) is 114 cm³/mol. The zero-order valence-electron chi connectivity index (χ0n) is 16.3. The highest BCUT2D eigenvalue weighted by Crippen LogP contribution is 2.21. The molecule has 0 aliphatic heterocycles. The minimum atomic E-state index is -0.368. The average Bonchev–Trinajstić information content (AvgIpc) is 3.14. The van der Waals surface area contributed by atoms with Gasteiger partial charge in [-0.25, -0.2) is 14.4 Å². The van der Waals surface area contributed by atoms with Crippen LogP contribution in [0.4, 0.5) is 21.6 Å². The topological polar surface area (TPSA) is 71.8 Å². The summed E-state index contributed by atoms with van der Waals surface area (Å²) in [5.74, 6) is 0.628. The molecule has 0 spiro atoms. The molecule has 0 unspecified atom stereocenters. The Balaban J connectivity index is 1.47. The van der Waals surface area contributed by atoms with Gasteiger partial charge in [-0.1, -0.05) is 18.2 Å². The van der Waals surface area contributed by atoms with Crippen molar-refractivity contribution in [2.45, 2.75) is 13.5 Å². The first kappa shape index (κ1) is 19.3. The van der Waals surface area contributed by atoms with Crippen molar-refractivity contribution in [3.63, 3.8) is 0 Å². The van der Waals surface area contributed by atoms with Gasteiger partial charge in [0.1, 0.15) is 17.5 Å². The highest BCUT2D eigenvalue weighted by molar-refractivity contribution is 6.07. The maximum Gasteiger partial charge on any atom is 0.259 e. The van der Waals surface area contributed by atoms with Crippen molar-refractivity contribution >= 4 is 23.1 Å². The number of hydrogen-bond donors (Lipinski definition) is 2. The predicted octanol–water partition coefficient (Wildman–Crippen LogP) is 4.77. The summed E-state index contributed by atoms with van der Waals surface area (Å²) < 4.78 is 15.5. The lowest BCUT2D eigenvalue weighted by atomic mass is 10.2. The fraction of sp³-hybridized carbons (Fsp3) is 0.0870. The number of carbonyl (C=O) groups is 1. The Kier molecular flexibility index (Phi) is 5.52. The number of nitrogens with zero attached hydrogens (tertiary/aromatic N) is 3. The van der Waals surface area contributed by atoms with E-state index in [2.05, 4.69) is 20.6 Å². The first-order chi connectivity index (χ1) is 14.6. The normalized spacial score (nSPS) is 10.6. The molecule has 150 valence electrons. The van der Waals surface area contributed by atoms with Crippen LogP contribution in [0, 0.1) is 12.7 Å². The maximum absolute atomic E-state index is 13.4. The Labute approximate surface area is 173 Å². The van der Waals surface area contributed by atoms with E-state index >= 15 is 0 Å². The minimum Gasteiger partial charge on any atom is -0.339 e. The Morgan fingerprint density at radius 2 is 1.83 bits per heavy atom. The van der Waals surface area contributed by atoms with E-state index in [1.165, 1.54) is 12.1 Å². The van der Waals surface area contributed by atoms with E-state index in [9.17, 15) is 9.18 Å². The number of amides is 1. The molecule has 0 aliphatic rings. The Bertz CT molecular complexity index is 1170. The largest absolute Gasteiger partial charge is 0.339 e. The van der Waals surface area contributed by atoms with Gasteiger partial charge in [-0.15, -0.1) is 0 Å². The van der Waals surface area contributed by atoms with Gasteiger partial charge in [0.25, 0.3) is 5.91 Å². The maximum atomic E-state index is 13.4. The Hall–Kier alpha value is -4.00. The molecular weight excluding hydrogens is 381 g/mol. The number of nitrogens with one attached hydrogen (secondary N) is 2. The van der Waals surface area contributed by atoms with Gasteiger partial charge in [-0.2, -0.15) is 0 Å². The third-order valence-electron chi connectivity index (χ3n) is 4.63. The summed E-state index contributed by atoms with van der Waals surface area (Å²) in [5.41, 5.74) is 2.65. The SMILES string of the molecule is Cc1nccn1Cc1ccc(NC(=O)c2cccnc2Nc2cccc(F)c2)cc1. The first-order valence-corrected chi connectivity index (χ1v) is 9.44. The van der Waals surface area contributed by atoms with Crippen LogP contribution in [0.2, 0.25) is 0 Å². The van der Waals surface area contributed by atoms with E-state index < -0.39 is 0 Å². The standard InChI is InChI=1S/C23H20FN5O/c1-16-25-12-13-29(16)15-17-7-9-19(10-8-17)28-23(30)21-6-3-11-26-22(21)27-20-5-2-4-18(24)14-20/h2-14H,15H2,1H3,(H,26,27)(H,28,30). The van der Waals surface area contributed by atoms with Gasteiger partial charge < -0.3 is 15.2 Å². The molecule has 4 rings (SSSR count). The molecule has 6 nitrogen and oxygen atoms in total. The van der Waals surface area contributed by atoms with E-state index in [4.69, 9.17) is 0 Å². The number of anilines is 3. The molecule has 2 N–H and O–H groups in total. The highest BCUT2D eigenvalue weighted by atomic mass is 19.1. The fourth-order valence-corrected chi connectivity index (χ4v) is 3.05. The fourth-order valence-electron chi connectivity index (χ4n) is 3.05. The van der Waals surface area contributed by atoms with E-state index in [0.29, 0.717) is 29.3 Å². The number of carbonyl (C=O) groups excluding carboxylic acids is 1. The Morgan fingerprint density at radius 1 is 1.00 bits per heavy atom. The van der Waals surface area contributed by atoms with Crippen molar-refractivity contribution in [1.82, 2.24) is 14.5 Å². The molecule has 2 heterocycles. The number of rotatable bonds is 6. The third-order valence-corrected chi connectivity index (χ3v) is 4.63. The van der Waals surface area contributed by atoms with Crippen LogP contribution in [0.25, 0.3) is 0 Å². The second-order valence-electron chi connectivity index (χ2n) is 6.79. The van der Waals surface area contributed by atoms with Crippen LogP contribution in [0.5, 0.6) is 0 Å². The summed E-state index contributed by atoms with van der Waals surface area (Å²) >= 11 is 0. The van der Waals surface area contributed by atoms with Crippen LogP contribution in [-0.4, -0.2) is 20.4 Å². The molecular formula is C23H20FN5O. The van der Waals surface area contributed by atoms with E-state index in [0.717, 1.165) is 11.4 Å². The number of aryl methyl sites for hydroxylation is 1. The van der Waals surface area contributed by atoms with Crippen molar-refractivity contribution in [2.75, 3.05) is 10.6 Å². The molecule has 7 heteroatoms. The monoisotopic (exact) mass is 401 g/mol. The number of hydrogen-bond acceptors (Lipinski definition) is 4. The van der Waals surface area contributed by atoms with Crippen LogP contribution < -0.4 is 10.6 Å². The van der Waals surface area contributed by atoms with Gasteiger partial charge >= 0.3 is 0 Å². The minimum absolute atomic E-state index is 0.305. The number of aromatic nitrogens is 3. The van der Waals surface area contributed by atoms with Gasteiger partial charge in [0, 0.05) is 36.5 Å². The average molecular weight is 401 g/mol. The summed E-state index contributed by atoms with van der Waals surface area (Å²) in [4.78, 5) is 21.2. The zero-order chi connectivity index (χ0) is 20.9. The molecule has 0 saturated heterocycles. The lowest BCUT2D eigenvalue weighted by Gasteiger charge is -2.12. The second-order valence-corrected chi connectivity index (χ2v) is 6.79. The van der Waals surface area contributed by atoms with Crippen LogP contribution in [0.15, 0.2) is 79.3 Å². The zero-order valence-corrected chi connectivity index (χ0v) is 16.3. The first-order valence-electron chi connectivity index (χ1n) is 9.44. The van der Waals surface area contributed by atoms with Crippen LogP contribution in [0.3, 0.4) is 0 Å². The molecule has 0 fully saturated rings. The molecule has 0 atom stereocenters. The molecule has 30 heavy (non-hydrogen) atoms. The molecule has 0 radical (unpaired) electrons. The van der Waals surface area contributed by atoms with Crippen molar-refractivity contribution in [2.24, 2.45) is 0 Å². The second kappa shape index (κ2) is 8.57. The van der Waals surface area contributed by atoms with E-state index in [1.807, 2.05) is 42.0 Å². The number of benzene rings is 2. The van der Waals surface area contributed by atoms with E-state index in [1.54, 1.807) is 36.7 Å².